The number of nitrogens with one attached hydrogen (secondary N) is 1. The number of aromatic amines is 1. The molecule has 0 spiro atoms. The molecule has 2 heterocycles. The Bertz CT molecular complexity index is 211. The number of hydrogen-bond acceptors (Lipinski definition) is 1. The predicted octanol–water partition coefficient (Wildman–Crippen LogP) is 1.65. The van der Waals surface area contributed by atoms with Gasteiger partial charge in [0.15, 0.2) is 0 Å². The van der Waals surface area contributed by atoms with Crippen molar-refractivity contribution in [3.63, 3.8) is 0 Å². The van der Waals surface area contributed by atoms with Crippen LogP contribution < -0.4 is 0 Å². The second kappa shape index (κ2) is 1.86. The van der Waals surface area contributed by atoms with Crippen molar-refractivity contribution < 1.29 is 4.74 Å². The van der Waals surface area contributed by atoms with Gasteiger partial charge in [0, 0.05) is 24.4 Å². The van der Waals surface area contributed by atoms with Crippen molar-refractivity contribution in [3.05, 3.63) is 24.0 Å². The molecule has 0 saturated carbocycles. The summed E-state index contributed by atoms with van der Waals surface area (Å²) in [5, 5.41) is 0. The Morgan fingerprint density at radius 1 is 1.70 bits per heavy atom. The van der Waals surface area contributed by atoms with Crippen LogP contribution in [0.4, 0.5) is 0 Å². The molecule has 1 N–H and O–H groups in total. The van der Waals surface area contributed by atoms with E-state index in [4.69, 9.17) is 4.74 Å². The van der Waals surface area contributed by atoms with Crippen LogP contribution in [-0.4, -0.2) is 11.6 Å². The number of hydrogen-bond donors (Lipinski definition) is 1. The first-order valence-electron chi connectivity index (χ1n) is 3.58. The molecule has 54 valence electrons. The van der Waals surface area contributed by atoms with Gasteiger partial charge in [0.05, 0.1) is 12.2 Å². The van der Waals surface area contributed by atoms with Gasteiger partial charge in [0.1, 0.15) is 0 Å². The van der Waals surface area contributed by atoms with Crippen molar-refractivity contribution in [1.82, 2.24) is 4.98 Å². The van der Waals surface area contributed by atoms with Gasteiger partial charge in [-0.15, -0.1) is 0 Å². The summed E-state index contributed by atoms with van der Waals surface area (Å²) in [5.41, 5.74) is 1.28. The molecule has 1 fully saturated rings. The van der Waals surface area contributed by atoms with Gasteiger partial charge >= 0.3 is 0 Å². The highest BCUT2D eigenvalue weighted by atomic mass is 16.5. The van der Waals surface area contributed by atoms with Gasteiger partial charge in [0.25, 0.3) is 0 Å². The zero-order chi connectivity index (χ0) is 7.03. The molecular formula is C8H11NO. The van der Waals surface area contributed by atoms with E-state index in [0.29, 0.717) is 0 Å². The fraction of sp³-hybridized carbons (Fsp3) is 0.500. The summed E-state index contributed by atoms with van der Waals surface area (Å²) in [4.78, 5) is 3.02. The molecule has 0 radical (unpaired) electrons. The lowest BCUT2D eigenvalue weighted by Gasteiger charge is -2.38. The maximum Gasteiger partial charge on any atom is 0.0939 e. The highest BCUT2D eigenvalue weighted by Gasteiger charge is 2.34. The summed E-state index contributed by atoms with van der Waals surface area (Å²) in [6.45, 7) is 3.03. The van der Waals surface area contributed by atoms with Crippen molar-refractivity contribution in [2.24, 2.45) is 0 Å². The van der Waals surface area contributed by atoms with Crippen molar-refractivity contribution >= 4 is 0 Å². The minimum Gasteiger partial charge on any atom is -0.370 e. The summed E-state index contributed by atoms with van der Waals surface area (Å²) in [6, 6.07) is 2.07. The van der Waals surface area contributed by atoms with Crippen LogP contribution >= 0.6 is 0 Å². The Kier molecular flexibility index (Phi) is 1.11. The molecule has 0 amide bonds. The molecule has 10 heavy (non-hydrogen) atoms. The van der Waals surface area contributed by atoms with Crippen LogP contribution in [0.25, 0.3) is 0 Å². The molecular weight excluding hydrogens is 126 g/mol. The van der Waals surface area contributed by atoms with Crippen molar-refractivity contribution in [2.75, 3.05) is 6.61 Å². The van der Waals surface area contributed by atoms with Crippen LogP contribution in [0, 0.1) is 0 Å². The first-order chi connectivity index (χ1) is 4.81. The zero-order valence-corrected chi connectivity index (χ0v) is 6.05. The summed E-state index contributed by atoms with van der Waals surface area (Å²) >= 11 is 0. The van der Waals surface area contributed by atoms with Crippen LogP contribution in [0.5, 0.6) is 0 Å². The smallest absolute Gasteiger partial charge is 0.0939 e. The van der Waals surface area contributed by atoms with Crippen LogP contribution in [0.15, 0.2) is 18.5 Å². The number of H-pyrrole nitrogens is 1. The van der Waals surface area contributed by atoms with Crippen LogP contribution in [-0.2, 0) is 10.3 Å². The highest BCUT2D eigenvalue weighted by molar-refractivity contribution is 5.19. The molecule has 2 rings (SSSR count). The predicted molar refractivity (Wildman–Crippen MR) is 38.7 cm³/mol. The summed E-state index contributed by atoms with van der Waals surface area (Å²) < 4.78 is 5.44. The van der Waals surface area contributed by atoms with Crippen molar-refractivity contribution in [2.45, 2.75) is 18.9 Å². The van der Waals surface area contributed by atoms with Crippen molar-refractivity contribution in [3.8, 4) is 0 Å². The van der Waals surface area contributed by atoms with E-state index in [1.165, 1.54) is 5.56 Å². The van der Waals surface area contributed by atoms with E-state index in [-0.39, 0.29) is 5.60 Å². The van der Waals surface area contributed by atoms with Gasteiger partial charge in [-0.05, 0) is 13.0 Å². The van der Waals surface area contributed by atoms with E-state index >= 15 is 0 Å². The molecule has 2 nitrogen and oxygen atoms in total. The second-order valence-corrected chi connectivity index (χ2v) is 2.93. The van der Waals surface area contributed by atoms with E-state index < -0.39 is 0 Å². The molecule has 1 saturated heterocycles. The summed E-state index contributed by atoms with van der Waals surface area (Å²) in [7, 11) is 0. The molecule has 0 bridgehead atoms. The van der Waals surface area contributed by atoms with Crippen LogP contribution in [0.2, 0.25) is 0 Å². The maximum atomic E-state index is 5.44. The van der Waals surface area contributed by atoms with E-state index in [0.717, 1.165) is 13.0 Å². The topological polar surface area (TPSA) is 25.0 Å². The summed E-state index contributed by atoms with van der Waals surface area (Å²) in [6.07, 6.45) is 5.08. The standard InChI is InChI=1S/C8H11NO/c1-8(3-5-10-8)7-2-4-9-6-7/h2,4,6,9H,3,5H2,1H3. The Labute approximate surface area is 60.2 Å². The normalized spacial score (nSPS) is 31.7. The fourth-order valence-electron chi connectivity index (χ4n) is 1.29. The van der Waals surface area contributed by atoms with Gasteiger partial charge < -0.3 is 9.72 Å². The van der Waals surface area contributed by atoms with Crippen LogP contribution in [0.3, 0.4) is 0 Å². The van der Waals surface area contributed by atoms with Gasteiger partial charge in [-0.1, -0.05) is 0 Å². The second-order valence-electron chi connectivity index (χ2n) is 2.93. The average molecular weight is 137 g/mol. The first kappa shape index (κ1) is 5.98. The lowest BCUT2D eigenvalue weighted by molar-refractivity contribution is -0.140. The third-order valence-corrected chi connectivity index (χ3v) is 2.21. The Balaban J connectivity index is 2.27. The molecule has 1 aromatic heterocycles. The molecule has 1 unspecified atom stereocenters. The van der Waals surface area contributed by atoms with E-state index in [1.54, 1.807) is 0 Å². The molecule has 2 heteroatoms. The number of ether oxygens (including phenoxy) is 1. The summed E-state index contributed by atoms with van der Waals surface area (Å²) in [5.74, 6) is 0. The molecule has 0 aromatic carbocycles. The van der Waals surface area contributed by atoms with Gasteiger partial charge in [-0.25, -0.2) is 0 Å². The number of aromatic nitrogens is 1. The van der Waals surface area contributed by atoms with E-state index in [2.05, 4.69) is 18.0 Å². The minimum atomic E-state index is 0.0139. The lowest BCUT2D eigenvalue weighted by atomic mass is 9.91. The van der Waals surface area contributed by atoms with E-state index in [9.17, 15) is 0 Å². The molecule has 1 atom stereocenters. The molecule has 1 aliphatic heterocycles. The molecule has 0 aliphatic carbocycles. The third-order valence-electron chi connectivity index (χ3n) is 2.21. The van der Waals surface area contributed by atoms with Gasteiger partial charge in [0.2, 0.25) is 0 Å². The van der Waals surface area contributed by atoms with E-state index in [1.807, 2.05) is 12.4 Å². The lowest BCUT2D eigenvalue weighted by Crippen LogP contribution is -2.37. The van der Waals surface area contributed by atoms with Crippen LogP contribution in [0.1, 0.15) is 18.9 Å². The minimum absolute atomic E-state index is 0.0139. The first-order valence-corrected chi connectivity index (χ1v) is 3.58. The largest absolute Gasteiger partial charge is 0.370 e. The quantitative estimate of drug-likeness (QED) is 0.625. The monoisotopic (exact) mass is 137 g/mol. The number of rotatable bonds is 1. The highest BCUT2D eigenvalue weighted by Crippen LogP contribution is 2.36. The SMILES string of the molecule is CC1(c2cc[nH]c2)CCO1. The Morgan fingerprint density at radius 2 is 2.50 bits per heavy atom. The fourth-order valence-corrected chi connectivity index (χ4v) is 1.29. The third kappa shape index (κ3) is 0.688. The Morgan fingerprint density at radius 3 is 2.90 bits per heavy atom. The van der Waals surface area contributed by atoms with Crippen molar-refractivity contribution in [1.29, 1.82) is 0 Å². The molecule has 1 aromatic rings. The zero-order valence-electron chi connectivity index (χ0n) is 6.05. The maximum absolute atomic E-state index is 5.44. The molecule has 1 aliphatic rings. The Hall–Kier alpha value is -0.760. The van der Waals surface area contributed by atoms with Gasteiger partial charge in [-0.2, -0.15) is 0 Å². The average Bonchev–Trinajstić information content (AvgIpc) is 2.33. The van der Waals surface area contributed by atoms with Gasteiger partial charge in [-0.3, -0.25) is 0 Å².